The molecule has 1 fully saturated rings. The minimum Gasteiger partial charge on any atom is -0.497 e. The van der Waals surface area contributed by atoms with Gasteiger partial charge < -0.3 is 24.3 Å². The summed E-state index contributed by atoms with van der Waals surface area (Å²) in [5.74, 6) is 1.46. The van der Waals surface area contributed by atoms with E-state index in [2.05, 4.69) is 65.9 Å². The molecule has 37 heavy (non-hydrogen) atoms. The molecule has 0 aliphatic carbocycles. The van der Waals surface area contributed by atoms with Gasteiger partial charge in [-0.15, -0.1) is 0 Å². The van der Waals surface area contributed by atoms with Gasteiger partial charge in [0.15, 0.2) is 5.11 Å². The number of rotatable bonds is 7. The van der Waals surface area contributed by atoms with Gasteiger partial charge in [-0.05, 0) is 86.1 Å². The molecule has 5 rings (SSSR count). The molecular formula is C30H32N4O2S. The van der Waals surface area contributed by atoms with E-state index in [9.17, 15) is 0 Å². The summed E-state index contributed by atoms with van der Waals surface area (Å²) in [7, 11) is 3.34. The van der Waals surface area contributed by atoms with E-state index in [1.165, 1.54) is 11.1 Å². The molecule has 2 aromatic carbocycles. The average Bonchev–Trinajstić information content (AvgIpc) is 3.43. The van der Waals surface area contributed by atoms with Crippen LogP contribution in [0, 0.1) is 13.8 Å². The molecule has 0 unspecified atom stereocenters. The summed E-state index contributed by atoms with van der Waals surface area (Å²) in [4.78, 5) is 6.84. The predicted octanol–water partition coefficient (Wildman–Crippen LogP) is 6.25. The monoisotopic (exact) mass is 512 g/mol. The van der Waals surface area contributed by atoms with Crippen molar-refractivity contribution in [1.29, 1.82) is 0 Å². The molecule has 1 saturated heterocycles. The third-order valence-electron chi connectivity index (χ3n) is 7.14. The molecule has 4 aromatic rings. The molecule has 0 radical (unpaired) electrons. The number of hydrogen-bond donors (Lipinski definition) is 1. The number of thiocarbonyl (C=S) groups is 1. The Hall–Kier alpha value is -3.84. The van der Waals surface area contributed by atoms with Gasteiger partial charge in [0.1, 0.15) is 11.5 Å². The summed E-state index contributed by atoms with van der Waals surface area (Å²) < 4.78 is 13.7. The molecule has 2 aromatic heterocycles. The van der Waals surface area contributed by atoms with Gasteiger partial charge in [-0.3, -0.25) is 4.98 Å². The first-order valence-corrected chi connectivity index (χ1v) is 12.9. The topological polar surface area (TPSA) is 51.6 Å². The first-order valence-electron chi connectivity index (χ1n) is 12.5. The largest absolute Gasteiger partial charge is 0.497 e. The molecular weight excluding hydrogens is 480 g/mol. The fourth-order valence-corrected chi connectivity index (χ4v) is 5.62. The molecule has 6 nitrogen and oxygen atoms in total. The lowest BCUT2D eigenvalue weighted by Gasteiger charge is -2.29. The number of aromatic nitrogens is 2. The van der Waals surface area contributed by atoms with Crippen LogP contribution in [0.3, 0.4) is 0 Å². The highest BCUT2D eigenvalue weighted by Gasteiger charge is 2.43. The number of pyridine rings is 1. The van der Waals surface area contributed by atoms with Crippen LogP contribution in [0.25, 0.3) is 5.69 Å². The Morgan fingerprint density at radius 1 is 0.973 bits per heavy atom. The lowest BCUT2D eigenvalue weighted by Crippen LogP contribution is -2.30. The predicted molar refractivity (Wildman–Crippen MR) is 152 cm³/mol. The van der Waals surface area contributed by atoms with Crippen LogP contribution in [0.1, 0.15) is 47.2 Å². The number of nitrogens with one attached hydrogen (secondary N) is 1. The van der Waals surface area contributed by atoms with Crippen LogP contribution in [0.5, 0.6) is 11.5 Å². The Labute approximate surface area is 223 Å². The normalized spacial score (nSPS) is 17.1. The summed E-state index contributed by atoms with van der Waals surface area (Å²) in [6.07, 6.45) is 2.84. The van der Waals surface area contributed by atoms with Crippen LogP contribution in [-0.4, -0.2) is 28.9 Å². The highest BCUT2D eigenvalue weighted by Crippen LogP contribution is 2.47. The van der Waals surface area contributed by atoms with E-state index < -0.39 is 0 Å². The van der Waals surface area contributed by atoms with Gasteiger partial charge >= 0.3 is 0 Å². The first-order chi connectivity index (χ1) is 18.0. The number of methoxy groups -OCH3 is 2. The summed E-state index contributed by atoms with van der Waals surface area (Å²) in [6.45, 7) is 6.50. The lowest BCUT2D eigenvalue weighted by molar-refractivity contribution is 0.403. The first kappa shape index (κ1) is 24.8. The molecule has 1 aliphatic rings. The zero-order valence-electron chi connectivity index (χ0n) is 21.9. The molecule has 0 saturated carbocycles. The fraction of sp³-hybridized carbons (Fsp3) is 0.267. The van der Waals surface area contributed by atoms with E-state index in [0.29, 0.717) is 5.11 Å². The van der Waals surface area contributed by atoms with E-state index in [1.54, 1.807) is 14.2 Å². The number of aryl methyl sites for hydroxylation is 2. The molecule has 0 bridgehead atoms. The number of benzene rings is 2. The fourth-order valence-electron chi connectivity index (χ4n) is 5.28. The van der Waals surface area contributed by atoms with Crippen molar-refractivity contribution in [2.45, 2.75) is 39.3 Å². The summed E-state index contributed by atoms with van der Waals surface area (Å²) in [5.41, 5.74) is 7.73. The van der Waals surface area contributed by atoms with Crippen LogP contribution >= 0.6 is 12.2 Å². The maximum atomic E-state index is 5.95. The molecule has 1 N–H and O–H groups in total. The maximum Gasteiger partial charge on any atom is 0.174 e. The highest BCUT2D eigenvalue weighted by molar-refractivity contribution is 7.80. The van der Waals surface area contributed by atoms with Crippen molar-refractivity contribution >= 4 is 23.0 Å². The van der Waals surface area contributed by atoms with Crippen molar-refractivity contribution in [1.82, 2.24) is 14.9 Å². The second kappa shape index (κ2) is 10.3. The Bertz CT molecular complexity index is 1420. The standard InChI is InChI=1S/C30H32N4O2S/c1-6-21-10-12-22(13-11-21)33-19(2)17-24(20(33)3)29-28(25-9-7-8-16-31-25)32-30(37)34(29)26-18-23(35-4)14-15-27(26)36-5/h7-18,28-29H,6H2,1-5H3,(H,32,37)/t28-,29+/m1/s1. The van der Waals surface area contributed by atoms with Gasteiger partial charge in [-0.25, -0.2) is 0 Å². The van der Waals surface area contributed by atoms with Crippen LogP contribution in [0.2, 0.25) is 0 Å². The van der Waals surface area contributed by atoms with Crippen molar-refractivity contribution < 1.29 is 9.47 Å². The van der Waals surface area contributed by atoms with Crippen LogP contribution < -0.4 is 19.7 Å². The van der Waals surface area contributed by atoms with Crippen LogP contribution in [-0.2, 0) is 6.42 Å². The van der Waals surface area contributed by atoms with E-state index in [1.807, 2.05) is 42.6 Å². The zero-order valence-corrected chi connectivity index (χ0v) is 22.7. The second-order valence-corrected chi connectivity index (χ2v) is 9.60. The third-order valence-corrected chi connectivity index (χ3v) is 7.45. The van der Waals surface area contributed by atoms with Gasteiger partial charge in [-0.2, -0.15) is 0 Å². The zero-order chi connectivity index (χ0) is 26.1. The van der Waals surface area contributed by atoms with Gasteiger partial charge in [0.2, 0.25) is 0 Å². The van der Waals surface area contributed by atoms with Gasteiger partial charge in [0, 0.05) is 29.3 Å². The Balaban J connectivity index is 1.69. The minimum absolute atomic E-state index is 0.152. The quantitative estimate of drug-likeness (QED) is 0.296. The summed E-state index contributed by atoms with van der Waals surface area (Å²) >= 11 is 5.95. The van der Waals surface area contributed by atoms with E-state index in [4.69, 9.17) is 26.7 Å². The minimum atomic E-state index is -0.154. The lowest BCUT2D eigenvalue weighted by atomic mass is 9.96. The molecule has 0 spiro atoms. The van der Waals surface area contributed by atoms with Crippen molar-refractivity contribution in [2.24, 2.45) is 0 Å². The molecule has 1 aliphatic heterocycles. The maximum absolute atomic E-state index is 5.95. The summed E-state index contributed by atoms with van der Waals surface area (Å²) in [5, 5.41) is 4.17. The van der Waals surface area contributed by atoms with Crippen molar-refractivity contribution in [3.63, 3.8) is 0 Å². The van der Waals surface area contributed by atoms with E-state index >= 15 is 0 Å². The average molecular weight is 513 g/mol. The number of nitrogens with zero attached hydrogens (tertiary/aromatic N) is 3. The SMILES string of the molecule is CCc1ccc(-n2c(C)cc([C@H]3[C@@H](c4ccccn4)NC(=S)N3c3cc(OC)ccc3OC)c2C)cc1. The second-order valence-electron chi connectivity index (χ2n) is 9.22. The molecule has 3 heterocycles. The molecule has 190 valence electrons. The Kier molecular flexibility index (Phi) is 6.89. The van der Waals surface area contributed by atoms with Gasteiger partial charge in [-0.1, -0.05) is 25.1 Å². The molecule has 2 atom stereocenters. The Morgan fingerprint density at radius 2 is 1.76 bits per heavy atom. The number of ether oxygens (including phenoxy) is 2. The van der Waals surface area contributed by atoms with Crippen molar-refractivity contribution in [3.05, 3.63) is 101 Å². The third kappa shape index (κ3) is 4.44. The number of anilines is 1. The van der Waals surface area contributed by atoms with Crippen molar-refractivity contribution in [3.8, 4) is 17.2 Å². The molecule has 0 amide bonds. The van der Waals surface area contributed by atoms with Gasteiger partial charge in [0.05, 0.1) is 37.7 Å². The summed E-state index contributed by atoms with van der Waals surface area (Å²) in [6, 6.07) is 22.5. The highest BCUT2D eigenvalue weighted by atomic mass is 32.1. The molecule has 7 heteroatoms. The van der Waals surface area contributed by atoms with Crippen LogP contribution in [0.4, 0.5) is 5.69 Å². The van der Waals surface area contributed by atoms with E-state index in [0.717, 1.165) is 46.4 Å². The smallest absolute Gasteiger partial charge is 0.174 e. The Morgan fingerprint density at radius 3 is 2.41 bits per heavy atom. The van der Waals surface area contributed by atoms with E-state index in [-0.39, 0.29) is 12.1 Å². The van der Waals surface area contributed by atoms with Gasteiger partial charge in [0.25, 0.3) is 0 Å². The van der Waals surface area contributed by atoms with Crippen LogP contribution in [0.15, 0.2) is 72.9 Å². The number of hydrogen-bond acceptors (Lipinski definition) is 4. The van der Waals surface area contributed by atoms with Crippen molar-refractivity contribution in [2.75, 3.05) is 19.1 Å².